The van der Waals surface area contributed by atoms with Crippen LogP contribution in [0.1, 0.15) is 23.8 Å². The summed E-state index contributed by atoms with van der Waals surface area (Å²) in [7, 11) is 0. The molecule has 2 unspecified atom stereocenters. The number of hydrogen-bond acceptors (Lipinski definition) is 5. The predicted molar refractivity (Wildman–Crippen MR) is 79.6 cm³/mol. The molecule has 0 amide bonds. The van der Waals surface area contributed by atoms with E-state index in [2.05, 4.69) is 23.7 Å². The number of morpholine rings is 1. The first-order chi connectivity index (χ1) is 9.74. The first-order valence-corrected chi connectivity index (χ1v) is 7.75. The van der Waals surface area contributed by atoms with Crippen molar-refractivity contribution < 1.29 is 14.9 Å². The van der Waals surface area contributed by atoms with Crippen LogP contribution >= 0.6 is 11.3 Å². The van der Waals surface area contributed by atoms with Gasteiger partial charge in [-0.25, -0.2) is 0 Å². The van der Waals surface area contributed by atoms with Crippen molar-refractivity contribution in [2.24, 2.45) is 0 Å². The zero-order chi connectivity index (χ0) is 14.4. The fraction of sp³-hybridized carbons (Fsp3) is 0.600. The van der Waals surface area contributed by atoms with Gasteiger partial charge in [-0.05, 0) is 18.4 Å². The molecule has 110 valence electrons. The number of aliphatic hydroxyl groups excluding tert-OH is 2. The van der Waals surface area contributed by atoms with Crippen LogP contribution in [0.4, 0.5) is 0 Å². The zero-order valence-electron chi connectivity index (χ0n) is 11.7. The smallest absolute Gasteiger partial charge is 0.0933 e. The maximum absolute atomic E-state index is 9.22. The van der Waals surface area contributed by atoms with Crippen molar-refractivity contribution in [1.29, 1.82) is 0 Å². The lowest BCUT2D eigenvalue weighted by Crippen LogP contribution is -2.48. The monoisotopic (exact) mass is 295 g/mol. The average molecular weight is 295 g/mol. The first-order valence-electron chi connectivity index (χ1n) is 6.87. The molecule has 1 aromatic rings. The SMILES string of the molecule is CC1COC(CO)CN1Cc1sccc1C#CCCO. The summed E-state index contributed by atoms with van der Waals surface area (Å²) in [5.74, 6) is 6.09. The van der Waals surface area contributed by atoms with Crippen LogP contribution in [0, 0.1) is 11.8 Å². The van der Waals surface area contributed by atoms with Gasteiger partial charge in [-0.1, -0.05) is 11.8 Å². The van der Waals surface area contributed by atoms with Crippen molar-refractivity contribution in [3.8, 4) is 11.8 Å². The number of hydrogen-bond donors (Lipinski definition) is 2. The van der Waals surface area contributed by atoms with E-state index in [1.807, 2.05) is 11.4 Å². The van der Waals surface area contributed by atoms with Crippen LogP contribution in [0.5, 0.6) is 0 Å². The molecule has 2 N–H and O–H groups in total. The molecule has 0 aromatic carbocycles. The Bertz CT molecular complexity index is 477. The van der Waals surface area contributed by atoms with Gasteiger partial charge in [0.2, 0.25) is 0 Å². The summed E-state index contributed by atoms with van der Waals surface area (Å²) in [5.41, 5.74) is 1.04. The normalized spacial score (nSPS) is 23.4. The Morgan fingerprint density at radius 1 is 1.50 bits per heavy atom. The third-order valence-electron chi connectivity index (χ3n) is 3.39. The third-order valence-corrected chi connectivity index (χ3v) is 4.30. The Kier molecular flexibility index (Phi) is 6.02. The van der Waals surface area contributed by atoms with Crippen LogP contribution < -0.4 is 0 Å². The average Bonchev–Trinajstić information content (AvgIpc) is 2.89. The minimum atomic E-state index is -0.0879. The maximum Gasteiger partial charge on any atom is 0.0933 e. The molecule has 0 radical (unpaired) electrons. The lowest BCUT2D eigenvalue weighted by molar-refractivity contribution is -0.0803. The summed E-state index contributed by atoms with van der Waals surface area (Å²) in [6, 6.07) is 2.37. The fourth-order valence-electron chi connectivity index (χ4n) is 2.18. The molecule has 1 aliphatic rings. The summed E-state index contributed by atoms with van der Waals surface area (Å²) in [6.07, 6.45) is 0.422. The third kappa shape index (κ3) is 4.05. The van der Waals surface area contributed by atoms with E-state index < -0.39 is 0 Å². The molecule has 5 heteroatoms. The van der Waals surface area contributed by atoms with E-state index in [0.717, 1.165) is 18.7 Å². The molecule has 1 aromatic heterocycles. The van der Waals surface area contributed by atoms with E-state index in [4.69, 9.17) is 9.84 Å². The lowest BCUT2D eigenvalue weighted by Gasteiger charge is -2.37. The molecular weight excluding hydrogens is 274 g/mol. The van der Waals surface area contributed by atoms with Crippen LogP contribution in [0.15, 0.2) is 11.4 Å². The zero-order valence-corrected chi connectivity index (χ0v) is 12.5. The Balaban J connectivity index is 2.02. The van der Waals surface area contributed by atoms with Crippen molar-refractivity contribution >= 4 is 11.3 Å². The fourth-order valence-corrected chi connectivity index (χ4v) is 3.03. The molecule has 2 rings (SSSR count). The summed E-state index contributed by atoms with van der Waals surface area (Å²) >= 11 is 1.70. The van der Waals surface area contributed by atoms with E-state index in [1.165, 1.54) is 4.88 Å². The molecule has 0 spiro atoms. The molecule has 0 saturated carbocycles. The molecule has 1 aliphatic heterocycles. The summed E-state index contributed by atoms with van der Waals surface area (Å²) < 4.78 is 5.55. The van der Waals surface area contributed by atoms with E-state index in [0.29, 0.717) is 19.1 Å². The van der Waals surface area contributed by atoms with Crippen molar-refractivity contribution in [1.82, 2.24) is 4.90 Å². The van der Waals surface area contributed by atoms with Gasteiger partial charge in [0.1, 0.15) is 0 Å². The maximum atomic E-state index is 9.22. The van der Waals surface area contributed by atoms with Crippen LogP contribution in [-0.2, 0) is 11.3 Å². The first kappa shape index (κ1) is 15.5. The Morgan fingerprint density at radius 2 is 2.35 bits per heavy atom. The quantitative estimate of drug-likeness (QED) is 0.816. The molecule has 20 heavy (non-hydrogen) atoms. The van der Waals surface area contributed by atoms with Gasteiger partial charge in [-0.15, -0.1) is 11.3 Å². The van der Waals surface area contributed by atoms with E-state index in [9.17, 15) is 5.11 Å². The second-order valence-electron chi connectivity index (χ2n) is 4.95. The van der Waals surface area contributed by atoms with E-state index >= 15 is 0 Å². The largest absolute Gasteiger partial charge is 0.395 e. The van der Waals surface area contributed by atoms with Crippen LogP contribution in [0.3, 0.4) is 0 Å². The molecule has 1 saturated heterocycles. The Hall–Kier alpha value is -0.900. The molecule has 1 fully saturated rings. The highest BCUT2D eigenvalue weighted by molar-refractivity contribution is 7.10. The van der Waals surface area contributed by atoms with Crippen LogP contribution in [0.25, 0.3) is 0 Å². The highest BCUT2D eigenvalue weighted by atomic mass is 32.1. The van der Waals surface area contributed by atoms with Gasteiger partial charge in [0.15, 0.2) is 0 Å². The topological polar surface area (TPSA) is 52.9 Å². The Labute approximate surface area is 124 Å². The molecule has 4 nitrogen and oxygen atoms in total. The standard InChI is InChI=1S/C15H21NO3S/c1-12-11-19-14(10-18)8-16(12)9-15-13(5-7-20-15)4-2-3-6-17/h5,7,12,14,17-18H,3,6,8-11H2,1H3. The molecular formula is C15H21NO3S. The molecule has 2 atom stereocenters. The molecule has 0 bridgehead atoms. The summed E-state index contributed by atoms with van der Waals surface area (Å²) in [6.45, 7) is 4.54. The summed E-state index contributed by atoms with van der Waals surface area (Å²) in [5, 5.41) is 20.0. The van der Waals surface area contributed by atoms with Gasteiger partial charge in [0.25, 0.3) is 0 Å². The van der Waals surface area contributed by atoms with Gasteiger partial charge >= 0.3 is 0 Å². The summed E-state index contributed by atoms with van der Waals surface area (Å²) in [4.78, 5) is 3.56. The number of nitrogens with zero attached hydrogens (tertiary/aromatic N) is 1. The number of aliphatic hydroxyl groups is 2. The van der Waals surface area contributed by atoms with Crippen molar-refractivity contribution in [3.63, 3.8) is 0 Å². The van der Waals surface area contributed by atoms with Gasteiger partial charge in [0.05, 0.1) is 25.9 Å². The van der Waals surface area contributed by atoms with Crippen LogP contribution in [0.2, 0.25) is 0 Å². The van der Waals surface area contributed by atoms with Gasteiger partial charge in [-0.3, -0.25) is 4.90 Å². The number of thiophene rings is 1. The van der Waals surface area contributed by atoms with Gasteiger partial charge in [0, 0.05) is 36.0 Å². The predicted octanol–water partition coefficient (Wildman–Crippen LogP) is 1.06. The second kappa shape index (κ2) is 7.77. The highest BCUT2D eigenvalue weighted by Gasteiger charge is 2.26. The van der Waals surface area contributed by atoms with E-state index in [1.54, 1.807) is 11.3 Å². The second-order valence-corrected chi connectivity index (χ2v) is 5.95. The van der Waals surface area contributed by atoms with E-state index in [-0.39, 0.29) is 19.3 Å². The highest BCUT2D eigenvalue weighted by Crippen LogP contribution is 2.21. The van der Waals surface area contributed by atoms with Crippen molar-refractivity contribution in [2.45, 2.75) is 32.0 Å². The van der Waals surface area contributed by atoms with Gasteiger partial charge in [-0.2, -0.15) is 0 Å². The van der Waals surface area contributed by atoms with Crippen molar-refractivity contribution in [2.75, 3.05) is 26.4 Å². The number of rotatable bonds is 4. The molecule has 0 aliphatic carbocycles. The van der Waals surface area contributed by atoms with Crippen LogP contribution in [-0.4, -0.2) is 53.6 Å². The number of ether oxygens (including phenoxy) is 1. The van der Waals surface area contributed by atoms with Gasteiger partial charge < -0.3 is 14.9 Å². The van der Waals surface area contributed by atoms with Crippen molar-refractivity contribution in [3.05, 3.63) is 21.9 Å². The lowest BCUT2D eigenvalue weighted by atomic mass is 10.1. The minimum absolute atomic E-state index is 0.0663. The Morgan fingerprint density at radius 3 is 3.10 bits per heavy atom. The minimum Gasteiger partial charge on any atom is -0.395 e. The molecule has 2 heterocycles.